The lowest BCUT2D eigenvalue weighted by atomic mass is 9.70. The maximum atomic E-state index is 12.8. The Morgan fingerprint density at radius 3 is 2.69 bits per heavy atom. The molecule has 0 aromatic carbocycles. The number of hydrogen-bond donors (Lipinski definition) is 0. The molecule has 2 fully saturated rings. The molecule has 0 radical (unpaired) electrons. The van der Waals surface area contributed by atoms with Crippen molar-refractivity contribution in [2.45, 2.75) is 104 Å². The van der Waals surface area contributed by atoms with Gasteiger partial charge in [-0.3, -0.25) is 14.8 Å². The van der Waals surface area contributed by atoms with Gasteiger partial charge in [-0.15, -0.1) is 0 Å². The summed E-state index contributed by atoms with van der Waals surface area (Å²) in [5.74, 6) is 3.60. The van der Waals surface area contributed by atoms with Gasteiger partial charge in [0, 0.05) is 37.4 Å². The van der Waals surface area contributed by atoms with Crippen molar-refractivity contribution in [3.05, 3.63) is 47.2 Å². The molecule has 4 rings (SSSR count). The van der Waals surface area contributed by atoms with E-state index in [1.807, 2.05) is 0 Å². The van der Waals surface area contributed by atoms with Crippen molar-refractivity contribution in [1.29, 1.82) is 5.26 Å². The fourth-order valence-electron chi connectivity index (χ4n) is 6.95. The lowest BCUT2D eigenvalue weighted by Crippen LogP contribution is -2.30. The lowest BCUT2D eigenvalue weighted by Gasteiger charge is -2.35. The summed E-state index contributed by atoms with van der Waals surface area (Å²) in [6.45, 7) is 6.76. The van der Waals surface area contributed by atoms with E-state index in [-0.39, 0.29) is 0 Å². The number of carbonyl (C=O) groups is 1. The number of rotatable bonds is 10. The van der Waals surface area contributed by atoms with E-state index in [1.165, 1.54) is 49.0 Å². The van der Waals surface area contributed by atoms with E-state index >= 15 is 0 Å². The number of allylic oxidation sites excluding steroid dienone is 7. The molecule has 210 valence electrons. The molecular weight excluding hydrogens is 478 g/mol. The topological polar surface area (TPSA) is 65.6 Å². The molecule has 0 bridgehead atoms. The number of nitrogens with zero attached hydrogens (tertiary/aromatic N) is 3. The van der Waals surface area contributed by atoms with Crippen molar-refractivity contribution < 1.29 is 4.79 Å². The van der Waals surface area contributed by atoms with Gasteiger partial charge in [-0.2, -0.15) is 5.26 Å². The summed E-state index contributed by atoms with van der Waals surface area (Å²) < 4.78 is 0. The largest absolute Gasteiger partial charge is 0.299 e. The van der Waals surface area contributed by atoms with Crippen LogP contribution in [0, 0.1) is 46.8 Å². The number of Topliss-reactive ketones (excluding diaryl/α,β-unsaturated/α-hetero) is 1. The molecule has 0 saturated heterocycles. The fourth-order valence-corrected chi connectivity index (χ4v) is 6.95. The second kappa shape index (κ2) is 14.2. The first-order chi connectivity index (χ1) is 18.9. The summed E-state index contributed by atoms with van der Waals surface area (Å²) >= 11 is 0. The van der Waals surface area contributed by atoms with Gasteiger partial charge >= 0.3 is 0 Å². The zero-order valence-corrected chi connectivity index (χ0v) is 24.8. The van der Waals surface area contributed by atoms with E-state index < -0.39 is 0 Å². The molecule has 6 atom stereocenters. The number of unbranched alkanes of at least 4 members (excludes halogenated alkanes) is 1. The Hall–Kier alpha value is -2.54. The van der Waals surface area contributed by atoms with Crippen molar-refractivity contribution >= 4 is 17.2 Å². The summed E-state index contributed by atoms with van der Waals surface area (Å²) in [6.07, 6.45) is 25.5. The highest BCUT2D eigenvalue weighted by atomic mass is 16.1. The molecule has 4 aliphatic rings. The Morgan fingerprint density at radius 2 is 1.97 bits per heavy atom. The summed E-state index contributed by atoms with van der Waals surface area (Å²) in [7, 11) is 1.70. The average Bonchev–Trinajstić information content (AvgIpc) is 3.66. The minimum Gasteiger partial charge on any atom is -0.299 e. The maximum Gasteiger partial charge on any atom is 0.136 e. The van der Waals surface area contributed by atoms with Gasteiger partial charge in [0.05, 0.1) is 5.70 Å². The Labute approximate surface area is 237 Å². The van der Waals surface area contributed by atoms with E-state index in [0.29, 0.717) is 53.4 Å². The van der Waals surface area contributed by atoms with Crippen LogP contribution in [0.15, 0.2) is 57.2 Å². The van der Waals surface area contributed by atoms with Crippen molar-refractivity contribution in [2.24, 2.45) is 45.5 Å². The monoisotopic (exact) mass is 527 g/mol. The Morgan fingerprint density at radius 1 is 1.18 bits per heavy atom. The van der Waals surface area contributed by atoms with Crippen LogP contribution in [0.1, 0.15) is 104 Å². The molecular formula is C35H49N3O. The molecule has 4 nitrogen and oxygen atoms in total. The first kappa shape index (κ1) is 29.4. The third kappa shape index (κ3) is 8.00. The SMILES string of the molecule is CCCC/C(=C\CC(C#N)=NC)C1=CC(N=C2C=CCC3CC(CC(=O)C4CC4C)CCCCC23)=CCC1C. The smallest absolute Gasteiger partial charge is 0.136 e. The Balaban J connectivity index is 1.52. The van der Waals surface area contributed by atoms with Gasteiger partial charge < -0.3 is 0 Å². The third-order valence-corrected chi connectivity index (χ3v) is 9.59. The molecule has 0 N–H and O–H groups in total. The van der Waals surface area contributed by atoms with Gasteiger partial charge in [-0.25, -0.2) is 0 Å². The van der Waals surface area contributed by atoms with E-state index in [1.54, 1.807) is 7.05 Å². The first-order valence-electron chi connectivity index (χ1n) is 15.7. The van der Waals surface area contributed by atoms with Crippen LogP contribution in [-0.2, 0) is 4.79 Å². The van der Waals surface area contributed by atoms with Crippen LogP contribution in [0.25, 0.3) is 0 Å². The number of ketones is 1. The summed E-state index contributed by atoms with van der Waals surface area (Å²) in [5.41, 5.74) is 5.65. The molecule has 6 unspecified atom stereocenters. The Bertz CT molecular complexity index is 1110. The van der Waals surface area contributed by atoms with Crippen LogP contribution in [0.5, 0.6) is 0 Å². The third-order valence-electron chi connectivity index (χ3n) is 9.59. The number of carbonyl (C=O) groups excluding carboxylic acids is 1. The van der Waals surface area contributed by atoms with E-state index in [0.717, 1.165) is 50.6 Å². The molecule has 0 heterocycles. The number of nitriles is 1. The molecule has 0 aromatic heterocycles. The second-order valence-electron chi connectivity index (χ2n) is 12.6. The van der Waals surface area contributed by atoms with E-state index in [9.17, 15) is 10.1 Å². The highest BCUT2D eigenvalue weighted by molar-refractivity contribution is 5.99. The van der Waals surface area contributed by atoms with Crippen LogP contribution in [0.4, 0.5) is 0 Å². The van der Waals surface area contributed by atoms with Crippen LogP contribution in [0.3, 0.4) is 0 Å². The van der Waals surface area contributed by atoms with Gasteiger partial charge in [-0.05, 0) is 91.9 Å². The summed E-state index contributed by atoms with van der Waals surface area (Å²) in [5, 5.41) is 9.36. The minimum absolute atomic E-state index is 0.355. The molecule has 2 saturated carbocycles. The highest BCUT2D eigenvalue weighted by Gasteiger charge is 2.40. The molecule has 4 aliphatic carbocycles. The van der Waals surface area contributed by atoms with E-state index in [2.05, 4.69) is 62.2 Å². The highest BCUT2D eigenvalue weighted by Crippen LogP contribution is 2.43. The predicted molar refractivity (Wildman–Crippen MR) is 163 cm³/mol. The molecule has 39 heavy (non-hydrogen) atoms. The average molecular weight is 528 g/mol. The van der Waals surface area contributed by atoms with Gasteiger partial charge in [0.2, 0.25) is 0 Å². The second-order valence-corrected chi connectivity index (χ2v) is 12.6. The standard InChI is InChI=1S/C35H49N3O/c1-5-6-11-27(16-18-30(23-36)37-4)32-22-29(17-15-24(32)2)38-34-14-9-12-28-20-26(10-7-8-13-31(28)34)21-35(39)33-19-25(33)3/h9,14,16-17,22,24-26,28,31,33H,5-8,10-13,15,18-21H2,1-4H3/b27-16+,37-30?,38-34?. The number of fused-ring (bicyclic) bond motifs is 1. The number of aliphatic imine (C=N–C) groups is 2. The van der Waals surface area contributed by atoms with Crippen molar-refractivity contribution in [2.75, 3.05) is 7.05 Å². The lowest BCUT2D eigenvalue weighted by molar-refractivity contribution is -0.121. The number of hydrogen-bond acceptors (Lipinski definition) is 4. The van der Waals surface area contributed by atoms with Gasteiger partial charge in [0.25, 0.3) is 0 Å². The maximum absolute atomic E-state index is 12.8. The van der Waals surface area contributed by atoms with Crippen molar-refractivity contribution in [1.82, 2.24) is 0 Å². The predicted octanol–water partition coefficient (Wildman–Crippen LogP) is 8.77. The van der Waals surface area contributed by atoms with Crippen LogP contribution >= 0.6 is 0 Å². The fraction of sp³-hybridized carbons (Fsp3) is 0.657. The van der Waals surface area contributed by atoms with Crippen LogP contribution in [-0.4, -0.2) is 24.3 Å². The van der Waals surface area contributed by atoms with Crippen molar-refractivity contribution in [3.8, 4) is 6.07 Å². The van der Waals surface area contributed by atoms with Gasteiger partial charge in [-0.1, -0.05) is 64.7 Å². The zero-order valence-electron chi connectivity index (χ0n) is 24.8. The molecule has 0 aromatic rings. The Kier molecular flexibility index (Phi) is 10.7. The molecule has 0 spiro atoms. The van der Waals surface area contributed by atoms with Crippen LogP contribution in [0.2, 0.25) is 0 Å². The summed E-state index contributed by atoms with van der Waals surface area (Å²) in [4.78, 5) is 22.2. The molecule has 0 amide bonds. The van der Waals surface area contributed by atoms with E-state index in [4.69, 9.17) is 4.99 Å². The normalized spacial score (nSPS) is 32.4. The molecule has 0 aliphatic heterocycles. The van der Waals surface area contributed by atoms with Gasteiger partial charge in [0.15, 0.2) is 0 Å². The molecule has 4 heteroatoms. The van der Waals surface area contributed by atoms with Crippen molar-refractivity contribution in [3.63, 3.8) is 0 Å². The van der Waals surface area contributed by atoms with Gasteiger partial charge in [0.1, 0.15) is 17.6 Å². The van der Waals surface area contributed by atoms with Crippen LogP contribution < -0.4 is 0 Å². The zero-order chi connectivity index (χ0) is 27.8. The quantitative estimate of drug-likeness (QED) is 0.266. The minimum atomic E-state index is 0.355. The first-order valence-corrected chi connectivity index (χ1v) is 15.7. The summed E-state index contributed by atoms with van der Waals surface area (Å²) in [6, 6.07) is 2.23.